The molecule has 8 heteroatoms. The molecule has 3 aromatic heterocycles. The third-order valence-electron chi connectivity index (χ3n) is 6.46. The molecule has 0 spiro atoms. The van der Waals surface area contributed by atoms with Gasteiger partial charge in [-0.1, -0.05) is 6.92 Å². The van der Waals surface area contributed by atoms with Crippen molar-refractivity contribution in [3.63, 3.8) is 0 Å². The Bertz CT molecular complexity index is 1130. The molecule has 1 aliphatic carbocycles. The van der Waals surface area contributed by atoms with Crippen LogP contribution in [0.1, 0.15) is 53.1 Å². The molecule has 1 fully saturated rings. The van der Waals surface area contributed by atoms with Gasteiger partial charge in [-0.2, -0.15) is 0 Å². The summed E-state index contributed by atoms with van der Waals surface area (Å²) in [5.41, 5.74) is 1.20. The third-order valence-corrected chi connectivity index (χ3v) is 7.61. The molecule has 158 valence electrons. The molecule has 1 amide bonds. The summed E-state index contributed by atoms with van der Waals surface area (Å²) in [5, 5.41) is 0.798. The van der Waals surface area contributed by atoms with E-state index >= 15 is 0 Å². The van der Waals surface area contributed by atoms with E-state index in [9.17, 15) is 9.59 Å². The summed E-state index contributed by atoms with van der Waals surface area (Å²) in [4.78, 5) is 39.6. The molecule has 4 heterocycles. The molecule has 2 aliphatic rings. The molecule has 1 N–H and O–H groups in total. The monoisotopic (exact) mass is 426 g/mol. The van der Waals surface area contributed by atoms with Crippen LogP contribution in [0.25, 0.3) is 10.2 Å². The van der Waals surface area contributed by atoms with Crippen LogP contribution < -0.4 is 5.56 Å². The van der Waals surface area contributed by atoms with Crippen molar-refractivity contribution in [1.82, 2.24) is 19.8 Å². The summed E-state index contributed by atoms with van der Waals surface area (Å²) in [6.07, 6.45) is 4.68. The second-order valence-corrected chi connectivity index (χ2v) is 9.55. The number of aromatic nitrogens is 2. The minimum absolute atomic E-state index is 0.0129. The minimum Gasteiger partial charge on any atom is -0.459 e. The van der Waals surface area contributed by atoms with Crippen LogP contribution >= 0.6 is 11.3 Å². The number of carbonyl (C=O) groups is 1. The molecule has 2 atom stereocenters. The molecule has 3 aromatic rings. The van der Waals surface area contributed by atoms with E-state index < -0.39 is 0 Å². The summed E-state index contributed by atoms with van der Waals surface area (Å²) in [6.45, 7) is 7.06. The van der Waals surface area contributed by atoms with Crippen LogP contribution in [0.2, 0.25) is 0 Å². The number of H-pyrrole nitrogens is 1. The van der Waals surface area contributed by atoms with Gasteiger partial charge in [0, 0.05) is 31.1 Å². The van der Waals surface area contributed by atoms with Gasteiger partial charge in [0.1, 0.15) is 10.7 Å². The van der Waals surface area contributed by atoms with Gasteiger partial charge in [0.2, 0.25) is 0 Å². The maximum Gasteiger partial charge on any atom is 0.289 e. The maximum atomic E-state index is 12.9. The number of furan rings is 1. The van der Waals surface area contributed by atoms with Crippen LogP contribution in [0.4, 0.5) is 0 Å². The van der Waals surface area contributed by atoms with Crippen LogP contribution in [0, 0.1) is 5.92 Å². The predicted molar refractivity (Wildman–Crippen MR) is 116 cm³/mol. The number of aryl methyl sites for hydroxylation is 1. The first-order valence-corrected chi connectivity index (χ1v) is 11.4. The zero-order valence-corrected chi connectivity index (χ0v) is 18.1. The highest BCUT2D eigenvalue weighted by Crippen LogP contribution is 2.36. The highest BCUT2D eigenvalue weighted by molar-refractivity contribution is 7.18. The van der Waals surface area contributed by atoms with Crippen molar-refractivity contribution < 1.29 is 9.21 Å². The molecule has 0 saturated carbocycles. The fourth-order valence-corrected chi connectivity index (χ4v) is 6.00. The van der Waals surface area contributed by atoms with Crippen molar-refractivity contribution in [3.05, 3.63) is 50.8 Å². The van der Waals surface area contributed by atoms with E-state index in [4.69, 9.17) is 9.40 Å². The van der Waals surface area contributed by atoms with E-state index in [-0.39, 0.29) is 17.5 Å². The quantitative estimate of drug-likeness (QED) is 0.695. The average molecular weight is 427 g/mol. The number of rotatable bonds is 3. The number of aromatic amines is 1. The van der Waals surface area contributed by atoms with Crippen molar-refractivity contribution in [2.45, 2.75) is 39.2 Å². The summed E-state index contributed by atoms with van der Waals surface area (Å²) >= 11 is 1.69. The van der Waals surface area contributed by atoms with E-state index in [1.807, 2.05) is 4.90 Å². The van der Waals surface area contributed by atoms with Crippen LogP contribution in [-0.2, 0) is 12.8 Å². The molecular weight excluding hydrogens is 400 g/mol. The fourth-order valence-electron chi connectivity index (χ4n) is 4.60. The molecule has 2 unspecified atom stereocenters. The highest BCUT2D eigenvalue weighted by Gasteiger charge is 2.29. The van der Waals surface area contributed by atoms with Gasteiger partial charge in [0.05, 0.1) is 17.7 Å². The Balaban J connectivity index is 1.33. The van der Waals surface area contributed by atoms with E-state index in [1.54, 1.807) is 23.5 Å². The summed E-state index contributed by atoms with van der Waals surface area (Å²) in [7, 11) is 0. The van der Waals surface area contributed by atoms with Gasteiger partial charge < -0.3 is 14.3 Å². The number of thiophene rings is 1. The molecule has 30 heavy (non-hydrogen) atoms. The molecule has 0 bridgehead atoms. The second-order valence-electron chi connectivity index (χ2n) is 8.46. The lowest BCUT2D eigenvalue weighted by Crippen LogP contribution is -2.49. The summed E-state index contributed by atoms with van der Waals surface area (Å²) in [6, 6.07) is 3.41. The van der Waals surface area contributed by atoms with Crippen LogP contribution in [0.5, 0.6) is 0 Å². The normalized spacial score (nSPS) is 21.0. The number of carbonyl (C=O) groups excluding carboxylic acids is 1. The maximum absolute atomic E-state index is 12.9. The molecular formula is C22H26N4O3S. The number of nitrogens with one attached hydrogen (secondary N) is 1. The fraction of sp³-hybridized carbons (Fsp3) is 0.500. The Hall–Kier alpha value is -2.45. The Kier molecular flexibility index (Phi) is 4.99. The summed E-state index contributed by atoms with van der Waals surface area (Å²) < 4.78 is 5.23. The van der Waals surface area contributed by atoms with E-state index in [1.165, 1.54) is 16.7 Å². The molecule has 1 saturated heterocycles. The molecule has 7 nitrogen and oxygen atoms in total. The Morgan fingerprint density at radius 1 is 1.33 bits per heavy atom. The van der Waals surface area contributed by atoms with E-state index in [0.717, 1.165) is 42.6 Å². The number of hydrogen-bond acceptors (Lipinski definition) is 6. The second kappa shape index (κ2) is 7.67. The molecule has 5 rings (SSSR count). The predicted octanol–water partition coefficient (Wildman–Crippen LogP) is 3.22. The standard InChI is InChI=1S/C22H26N4O3S/c1-13-5-6-15-17(12-13)30-21-18(15)20(27)23-19(24-21)14(2)25-7-9-26(10-8-25)22(28)16-4-3-11-29-16/h3-4,11,13-14H,5-10,12H2,1-2H3,(H,23,24,27). The largest absolute Gasteiger partial charge is 0.459 e. The van der Waals surface area contributed by atoms with E-state index in [0.29, 0.717) is 30.6 Å². The van der Waals surface area contributed by atoms with Crippen molar-refractivity contribution >= 4 is 27.5 Å². The number of amides is 1. The van der Waals surface area contributed by atoms with Crippen LogP contribution in [-0.4, -0.2) is 51.9 Å². The summed E-state index contributed by atoms with van der Waals surface area (Å²) in [5.74, 6) is 1.69. The first kappa shape index (κ1) is 19.5. The first-order valence-electron chi connectivity index (χ1n) is 10.6. The van der Waals surface area contributed by atoms with Crippen molar-refractivity contribution in [2.24, 2.45) is 5.92 Å². The lowest BCUT2D eigenvalue weighted by atomic mass is 9.89. The van der Waals surface area contributed by atoms with Gasteiger partial charge in [0.25, 0.3) is 11.5 Å². The Labute approximate surface area is 178 Å². The SMILES string of the molecule is CC1CCc2c(sc3nc(C(C)N4CCN(C(=O)c5ccco5)CC4)[nH]c(=O)c23)C1. The van der Waals surface area contributed by atoms with Gasteiger partial charge in [-0.05, 0) is 49.8 Å². The van der Waals surface area contributed by atoms with E-state index in [2.05, 4.69) is 23.7 Å². The highest BCUT2D eigenvalue weighted by atomic mass is 32.1. The lowest BCUT2D eigenvalue weighted by molar-refractivity contribution is 0.0547. The molecule has 1 aliphatic heterocycles. The number of nitrogens with zero attached hydrogens (tertiary/aromatic N) is 3. The smallest absolute Gasteiger partial charge is 0.289 e. The van der Waals surface area contributed by atoms with Crippen molar-refractivity contribution in [3.8, 4) is 0 Å². The van der Waals surface area contributed by atoms with Gasteiger partial charge in [-0.15, -0.1) is 11.3 Å². The zero-order valence-electron chi connectivity index (χ0n) is 17.3. The Morgan fingerprint density at radius 2 is 2.13 bits per heavy atom. The topological polar surface area (TPSA) is 82.4 Å². The van der Waals surface area contributed by atoms with Gasteiger partial charge in [-0.25, -0.2) is 4.98 Å². The number of fused-ring (bicyclic) bond motifs is 3. The van der Waals surface area contributed by atoms with Crippen molar-refractivity contribution in [2.75, 3.05) is 26.2 Å². The number of hydrogen-bond donors (Lipinski definition) is 1. The Morgan fingerprint density at radius 3 is 2.87 bits per heavy atom. The molecule has 0 aromatic carbocycles. The third kappa shape index (κ3) is 3.37. The number of piperazine rings is 1. The first-order chi connectivity index (χ1) is 14.5. The minimum atomic E-state index is -0.0707. The van der Waals surface area contributed by atoms with Gasteiger partial charge in [0.15, 0.2) is 5.76 Å². The van der Waals surface area contributed by atoms with Gasteiger partial charge in [-0.3, -0.25) is 14.5 Å². The average Bonchev–Trinajstić information content (AvgIpc) is 3.40. The van der Waals surface area contributed by atoms with Crippen LogP contribution in [0.15, 0.2) is 27.6 Å². The molecule has 0 radical (unpaired) electrons. The van der Waals surface area contributed by atoms with Gasteiger partial charge >= 0.3 is 0 Å². The van der Waals surface area contributed by atoms with Crippen molar-refractivity contribution in [1.29, 1.82) is 0 Å². The van der Waals surface area contributed by atoms with Crippen LogP contribution in [0.3, 0.4) is 0 Å². The zero-order chi connectivity index (χ0) is 20.8. The lowest BCUT2D eigenvalue weighted by Gasteiger charge is -2.37.